The molecule has 1 aliphatic carbocycles. The molecule has 1 heterocycles. The van der Waals surface area contributed by atoms with Crippen molar-refractivity contribution in [3.8, 4) is 0 Å². The van der Waals surface area contributed by atoms with E-state index in [9.17, 15) is 18.0 Å². The van der Waals surface area contributed by atoms with Crippen molar-refractivity contribution in [2.75, 3.05) is 6.54 Å². The van der Waals surface area contributed by atoms with Crippen molar-refractivity contribution < 1.29 is 18.0 Å². The minimum atomic E-state index is -3.77. The maximum Gasteiger partial charge on any atom is 0.309 e. The highest BCUT2D eigenvalue weighted by Gasteiger charge is 2.32. The van der Waals surface area contributed by atoms with Crippen LogP contribution in [0, 0.1) is 0 Å². The van der Waals surface area contributed by atoms with E-state index >= 15 is 0 Å². The Labute approximate surface area is 160 Å². The summed E-state index contributed by atoms with van der Waals surface area (Å²) in [4.78, 5) is 24.4. The average Bonchev–Trinajstić information content (AvgIpc) is 3.26. The molecule has 0 aliphatic heterocycles. The fourth-order valence-corrected chi connectivity index (χ4v) is 5.28. The molecule has 1 saturated carbocycles. The maximum atomic E-state index is 13.0. The van der Waals surface area contributed by atoms with E-state index in [0.29, 0.717) is 9.90 Å². The molecule has 1 aliphatic rings. The summed E-state index contributed by atoms with van der Waals surface area (Å²) >= 11 is 7.11. The number of thiophene rings is 1. The van der Waals surface area contributed by atoms with E-state index in [2.05, 4.69) is 10.6 Å². The molecular weight excluding hydrogens is 396 g/mol. The Hall–Kier alpha value is -1.90. The van der Waals surface area contributed by atoms with Crippen molar-refractivity contribution >= 4 is 44.6 Å². The first-order chi connectivity index (χ1) is 12.4. The topological polar surface area (TPSA) is 92.3 Å². The molecule has 0 saturated heterocycles. The van der Waals surface area contributed by atoms with E-state index in [0.717, 1.165) is 12.8 Å². The molecule has 0 unspecified atom stereocenters. The van der Waals surface area contributed by atoms with E-state index in [1.165, 1.54) is 35.6 Å². The zero-order chi connectivity index (χ0) is 18.7. The Bertz CT molecular complexity index is 891. The summed E-state index contributed by atoms with van der Waals surface area (Å²) in [6.45, 7) is -0.192. The third kappa shape index (κ3) is 4.44. The minimum Gasteiger partial charge on any atom is -0.346 e. The van der Waals surface area contributed by atoms with Crippen molar-refractivity contribution in [1.29, 1.82) is 0 Å². The molecule has 3 rings (SSSR count). The fourth-order valence-electron chi connectivity index (χ4n) is 2.37. The molecular formula is C17H17ClN2O4S2. The molecule has 1 atom stereocenters. The molecule has 2 amide bonds. The van der Waals surface area contributed by atoms with Crippen molar-refractivity contribution in [1.82, 2.24) is 10.6 Å². The van der Waals surface area contributed by atoms with Gasteiger partial charge < -0.3 is 10.6 Å². The van der Waals surface area contributed by atoms with Gasteiger partial charge in [-0.1, -0.05) is 17.7 Å². The van der Waals surface area contributed by atoms with Crippen LogP contribution in [0.1, 0.15) is 23.0 Å². The van der Waals surface area contributed by atoms with Crippen LogP contribution in [0.3, 0.4) is 0 Å². The second-order valence-corrected chi connectivity index (χ2v) is 9.51. The lowest BCUT2D eigenvalue weighted by atomic mass is 10.3. The first kappa shape index (κ1) is 18.9. The van der Waals surface area contributed by atoms with Crippen LogP contribution in [0.5, 0.6) is 0 Å². The Kier molecular flexibility index (Phi) is 5.64. The standard InChI is InChI=1S/C17H17ClN2O4S2/c18-11-3-7-13(8-4-11)26(23,24)15(14-2-1-9-25-14)10-19-16(21)17(22)20-12-5-6-12/h1-4,7-9,12,15H,5-6,10H2,(H,19,21)(H,20,22)/t15-/m0/s1. The van der Waals surface area contributed by atoms with Crippen molar-refractivity contribution in [2.24, 2.45) is 0 Å². The van der Waals surface area contributed by atoms with Gasteiger partial charge in [-0.2, -0.15) is 0 Å². The Morgan fingerprint density at radius 2 is 1.85 bits per heavy atom. The van der Waals surface area contributed by atoms with Gasteiger partial charge in [0.2, 0.25) is 0 Å². The molecule has 6 nitrogen and oxygen atoms in total. The first-order valence-electron chi connectivity index (χ1n) is 7.99. The second-order valence-electron chi connectivity index (χ2n) is 5.96. The molecule has 1 aromatic heterocycles. The molecule has 1 aromatic carbocycles. The van der Waals surface area contributed by atoms with Crippen LogP contribution < -0.4 is 10.6 Å². The summed E-state index contributed by atoms with van der Waals surface area (Å²) in [6, 6.07) is 9.35. The lowest BCUT2D eigenvalue weighted by Crippen LogP contribution is -2.42. The van der Waals surface area contributed by atoms with Gasteiger partial charge >= 0.3 is 11.8 Å². The fraction of sp³-hybridized carbons (Fsp3) is 0.294. The van der Waals surface area contributed by atoms with Crippen LogP contribution >= 0.6 is 22.9 Å². The molecule has 0 radical (unpaired) electrons. The molecule has 26 heavy (non-hydrogen) atoms. The highest BCUT2D eigenvalue weighted by atomic mass is 35.5. The molecule has 0 spiro atoms. The predicted molar refractivity (Wildman–Crippen MR) is 99.9 cm³/mol. The van der Waals surface area contributed by atoms with Crippen LogP contribution in [0.25, 0.3) is 0 Å². The number of sulfone groups is 1. The predicted octanol–water partition coefficient (Wildman–Crippen LogP) is 2.31. The molecule has 9 heteroatoms. The smallest absolute Gasteiger partial charge is 0.309 e. The normalized spacial score (nSPS) is 15.3. The number of nitrogens with one attached hydrogen (secondary N) is 2. The van der Waals surface area contributed by atoms with Gasteiger partial charge in [0, 0.05) is 22.5 Å². The minimum absolute atomic E-state index is 0.0548. The van der Waals surface area contributed by atoms with E-state index in [4.69, 9.17) is 11.6 Å². The summed E-state index contributed by atoms with van der Waals surface area (Å²) < 4.78 is 26.0. The number of amides is 2. The zero-order valence-corrected chi connectivity index (χ0v) is 16.0. The monoisotopic (exact) mass is 412 g/mol. The van der Waals surface area contributed by atoms with Crippen molar-refractivity contribution in [2.45, 2.75) is 29.0 Å². The molecule has 1 fully saturated rings. The number of halogens is 1. The van der Waals surface area contributed by atoms with Crippen LogP contribution in [-0.2, 0) is 19.4 Å². The van der Waals surface area contributed by atoms with E-state index in [-0.39, 0.29) is 17.5 Å². The van der Waals surface area contributed by atoms with Crippen molar-refractivity contribution in [3.05, 3.63) is 51.7 Å². The van der Waals surface area contributed by atoms with Gasteiger partial charge in [0.25, 0.3) is 0 Å². The number of carbonyl (C=O) groups is 2. The Balaban J connectivity index is 1.78. The molecule has 138 valence electrons. The van der Waals surface area contributed by atoms with Crippen LogP contribution in [0.15, 0.2) is 46.7 Å². The zero-order valence-electron chi connectivity index (χ0n) is 13.6. The van der Waals surface area contributed by atoms with Gasteiger partial charge in [-0.25, -0.2) is 8.42 Å². The molecule has 0 bridgehead atoms. The molecule has 2 N–H and O–H groups in total. The van der Waals surface area contributed by atoms with Gasteiger partial charge in [-0.05, 0) is 48.6 Å². The number of benzene rings is 1. The highest BCUT2D eigenvalue weighted by Crippen LogP contribution is 2.31. The first-order valence-corrected chi connectivity index (χ1v) is 10.8. The van der Waals surface area contributed by atoms with Crippen LogP contribution in [0.4, 0.5) is 0 Å². The van der Waals surface area contributed by atoms with Gasteiger partial charge in [0.15, 0.2) is 9.84 Å². The lowest BCUT2D eigenvalue weighted by molar-refractivity contribution is -0.139. The van der Waals surface area contributed by atoms with Crippen LogP contribution in [0.2, 0.25) is 5.02 Å². The van der Waals surface area contributed by atoms with Crippen LogP contribution in [-0.4, -0.2) is 32.8 Å². The number of carbonyl (C=O) groups excluding carboxylic acids is 2. The van der Waals surface area contributed by atoms with Crippen molar-refractivity contribution in [3.63, 3.8) is 0 Å². The van der Waals surface area contributed by atoms with Gasteiger partial charge in [0.05, 0.1) is 4.90 Å². The Morgan fingerprint density at radius 1 is 1.15 bits per heavy atom. The number of hydrogen-bond acceptors (Lipinski definition) is 5. The largest absolute Gasteiger partial charge is 0.346 e. The average molecular weight is 413 g/mol. The highest BCUT2D eigenvalue weighted by molar-refractivity contribution is 7.91. The molecule has 2 aromatic rings. The van der Waals surface area contributed by atoms with E-state index in [1.807, 2.05) is 0 Å². The number of hydrogen-bond donors (Lipinski definition) is 2. The summed E-state index contributed by atoms with van der Waals surface area (Å²) in [5.74, 6) is -1.56. The summed E-state index contributed by atoms with van der Waals surface area (Å²) in [5.41, 5.74) is 0. The van der Waals surface area contributed by atoms with E-state index < -0.39 is 26.9 Å². The second kappa shape index (κ2) is 7.77. The summed E-state index contributed by atoms with van der Waals surface area (Å²) in [5, 5.41) is 6.23. The number of rotatable bonds is 6. The summed E-state index contributed by atoms with van der Waals surface area (Å²) in [6.07, 6.45) is 1.73. The maximum absolute atomic E-state index is 13.0. The van der Waals surface area contributed by atoms with Gasteiger partial charge in [-0.3, -0.25) is 9.59 Å². The van der Waals surface area contributed by atoms with E-state index in [1.54, 1.807) is 17.5 Å². The SMILES string of the molecule is O=C(NC[C@@H](c1cccs1)S(=O)(=O)c1ccc(Cl)cc1)C(=O)NC1CC1. The lowest BCUT2D eigenvalue weighted by Gasteiger charge is -2.17. The third-order valence-electron chi connectivity index (χ3n) is 3.94. The summed E-state index contributed by atoms with van der Waals surface area (Å²) in [7, 11) is -3.77. The third-order valence-corrected chi connectivity index (χ3v) is 7.43. The van der Waals surface area contributed by atoms with Gasteiger partial charge in [0.1, 0.15) is 5.25 Å². The van der Waals surface area contributed by atoms with Gasteiger partial charge in [-0.15, -0.1) is 11.3 Å². The quantitative estimate of drug-likeness (QED) is 0.712. The Morgan fingerprint density at radius 3 is 2.42 bits per heavy atom.